The summed E-state index contributed by atoms with van der Waals surface area (Å²) in [5.41, 5.74) is 1.27. The minimum absolute atomic E-state index is 0.0682. The van der Waals surface area contributed by atoms with Gasteiger partial charge in [0.05, 0.1) is 12.3 Å². The zero-order chi connectivity index (χ0) is 15.5. The maximum atomic E-state index is 12.1. The number of carbonyl (C=O) groups is 1. The fourth-order valence-electron chi connectivity index (χ4n) is 2.69. The van der Waals surface area contributed by atoms with Crippen molar-refractivity contribution < 1.29 is 13.2 Å². The molecule has 21 heavy (non-hydrogen) atoms. The van der Waals surface area contributed by atoms with Gasteiger partial charge in [0.1, 0.15) is 9.84 Å². The summed E-state index contributed by atoms with van der Waals surface area (Å²) in [5, 5.41) is 4.97. The van der Waals surface area contributed by atoms with Gasteiger partial charge >= 0.3 is 6.03 Å². The van der Waals surface area contributed by atoms with E-state index in [2.05, 4.69) is 18.3 Å². The van der Waals surface area contributed by atoms with E-state index in [1.165, 1.54) is 16.7 Å². The lowest BCUT2D eigenvalue weighted by Gasteiger charge is -2.17. The van der Waals surface area contributed by atoms with Gasteiger partial charge in [-0.3, -0.25) is 0 Å². The average molecular weight is 330 g/mol. The second kappa shape index (κ2) is 6.79. The molecule has 0 spiro atoms. The van der Waals surface area contributed by atoms with Gasteiger partial charge in [-0.2, -0.15) is 0 Å². The molecule has 1 fully saturated rings. The Hall–Kier alpha value is -1.08. The van der Waals surface area contributed by atoms with Crippen LogP contribution < -0.4 is 5.32 Å². The van der Waals surface area contributed by atoms with Crippen LogP contribution in [0.15, 0.2) is 11.4 Å². The first-order valence-electron chi connectivity index (χ1n) is 7.14. The Morgan fingerprint density at radius 1 is 1.52 bits per heavy atom. The van der Waals surface area contributed by atoms with Crippen LogP contribution in [0.25, 0.3) is 0 Å². The Balaban J connectivity index is 1.82. The van der Waals surface area contributed by atoms with Crippen LogP contribution in [0.4, 0.5) is 4.79 Å². The van der Waals surface area contributed by atoms with Crippen molar-refractivity contribution in [2.24, 2.45) is 5.92 Å². The predicted octanol–water partition coefficient (Wildman–Crippen LogP) is 1.89. The Labute approximate surface area is 130 Å². The van der Waals surface area contributed by atoms with Crippen molar-refractivity contribution in [3.8, 4) is 0 Å². The highest BCUT2D eigenvalue weighted by Crippen LogP contribution is 2.19. The van der Waals surface area contributed by atoms with Gasteiger partial charge in [-0.15, -0.1) is 11.3 Å². The van der Waals surface area contributed by atoms with Crippen LogP contribution in [-0.4, -0.2) is 44.4 Å². The van der Waals surface area contributed by atoms with Crippen molar-refractivity contribution in [2.75, 3.05) is 25.1 Å². The lowest BCUT2D eigenvalue weighted by Crippen LogP contribution is -2.38. The molecule has 1 unspecified atom stereocenters. The summed E-state index contributed by atoms with van der Waals surface area (Å²) in [5.74, 6) is 0.237. The smallest absolute Gasteiger partial charge is 0.317 e. The lowest BCUT2D eigenvalue weighted by atomic mass is 10.2. The Morgan fingerprint density at radius 3 is 2.95 bits per heavy atom. The lowest BCUT2D eigenvalue weighted by molar-refractivity contribution is 0.207. The van der Waals surface area contributed by atoms with Gasteiger partial charge in [0.2, 0.25) is 0 Å². The average Bonchev–Trinajstić information content (AvgIpc) is 3.02. The molecule has 1 aromatic rings. The number of thiophene rings is 1. The van der Waals surface area contributed by atoms with Gasteiger partial charge in [0.15, 0.2) is 0 Å². The molecule has 7 heteroatoms. The van der Waals surface area contributed by atoms with Gasteiger partial charge in [0.25, 0.3) is 0 Å². The topological polar surface area (TPSA) is 66.5 Å². The molecule has 0 aliphatic carbocycles. The summed E-state index contributed by atoms with van der Waals surface area (Å²) in [6.07, 6.45) is 2.98. The number of amides is 2. The highest BCUT2D eigenvalue weighted by atomic mass is 32.2. The zero-order valence-electron chi connectivity index (χ0n) is 12.5. The first-order chi connectivity index (χ1) is 9.89. The molecular formula is C14H22N2O3S2. The minimum atomic E-state index is -2.97. The number of sulfone groups is 1. The molecule has 2 amide bonds. The molecule has 1 atom stereocenters. The molecule has 0 radical (unpaired) electrons. The van der Waals surface area contributed by atoms with Gasteiger partial charge in [-0.25, -0.2) is 13.2 Å². The van der Waals surface area contributed by atoms with Gasteiger partial charge in [-0.05, 0) is 35.8 Å². The molecule has 0 saturated carbocycles. The predicted molar refractivity (Wildman–Crippen MR) is 85.3 cm³/mol. The Bertz CT molecular complexity index is 595. The van der Waals surface area contributed by atoms with E-state index in [0.717, 1.165) is 12.8 Å². The van der Waals surface area contributed by atoms with E-state index in [1.807, 2.05) is 5.38 Å². The number of likely N-dealkylation sites (tertiary alicyclic amines) is 1. The van der Waals surface area contributed by atoms with E-state index in [0.29, 0.717) is 19.6 Å². The summed E-state index contributed by atoms with van der Waals surface area (Å²) >= 11 is 1.65. The maximum absolute atomic E-state index is 12.1. The molecule has 0 bridgehead atoms. The van der Waals surface area contributed by atoms with E-state index >= 15 is 0 Å². The number of carbonyl (C=O) groups excluding carboxylic acids is 1. The molecule has 0 aromatic carbocycles. The van der Waals surface area contributed by atoms with Crippen molar-refractivity contribution in [3.05, 3.63) is 21.9 Å². The van der Waals surface area contributed by atoms with E-state index in [1.54, 1.807) is 16.2 Å². The van der Waals surface area contributed by atoms with Crippen LogP contribution >= 0.6 is 11.3 Å². The van der Waals surface area contributed by atoms with Crippen LogP contribution in [0.5, 0.6) is 0 Å². The monoisotopic (exact) mass is 330 g/mol. The normalized spacial score (nSPS) is 19.0. The number of hydrogen-bond acceptors (Lipinski definition) is 4. The van der Waals surface area contributed by atoms with Gasteiger partial charge < -0.3 is 10.2 Å². The van der Waals surface area contributed by atoms with Crippen LogP contribution in [0, 0.1) is 5.92 Å². The first-order valence-corrected chi connectivity index (χ1v) is 10.1. The van der Waals surface area contributed by atoms with Gasteiger partial charge in [0, 0.05) is 24.2 Å². The van der Waals surface area contributed by atoms with E-state index < -0.39 is 9.84 Å². The second-order valence-corrected chi connectivity index (χ2v) is 8.76. The summed E-state index contributed by atoms with van der Waals surface area (Å²) < 4.78 is 22.6. The number of hydrogen-bond donors (Lipinski definition) is 1. The third-order valence-corrected chi connectivity index (χ3v) is 5.77. The fourth-order valence-corrected chi connectivity index (χ4v) is 4.73. The Morgan fingerprint density at radius 2 is 2.29 bits per heavy atom. The molecular weight excluding hydrogens is 308 g/mol. The van der Waals surface area contributed by atoms with E-state index in [9.17, 15) is 13.2 Å². The SMILES string of the molecule is CCc1ccsc1CNC(=O)N1CCC(CS(C)(=O)=O)C1. The number of nitrogens with zero attached hydrogens (tertiary/aromatic N) is 1. The summed E-state index contributed by atoms with van der Waals surface area (Å²) in [4.78, 5) is 15.0. The van der Waals surface area contributed by atoms with Crippen molar-refractivity contribution >= 4 is 27.2 Å². The van der Waals surface area contributed by atoms with Crippen LogP contribution in [-0.2, 0) is 22.8 Å². The maximum Gasteiger partial charge on any atom is 0.317 e. The van der Waals surface area contributed by atoms with Crippen molar-refractivity contribution in [1.82, 2.24) is 10.2 Å². The molecule has 5 nitrogen and oxygen atoms in total. The van der Waals surface area contributed by atoms with Gasteiger partial charge in [-0.1, -0.05) is 6.92 Å². The molecule has 2 heterocycles. The fraction of sp³-hybridized carbons (Fsp3) is 0.643. The largest absolute Gasteiger partial charge is 0.333 e. The zero-order valence-corrected chi connectivity index (χ0v) is 14.1. The standard InChI is InChI=1S/C14H22N2O3S2/c1-3-12-5-7-20-13(12)8-15-14(17)16-6-4-11(9-16)10-21(2,18)19/h5,7,11H,3-4,6,8-10H2,1-2H3,(H,15,17). The number of aryl methyl sites for hydroxylation is 1. The molecule has 1 aliphatic rings. The summed E-state index contributed by atoms with van der Waals surface area (Å²) in [7, 11) is -2.97. The third kappa shape index (κ3) is 4.71. The quantitative estimate of drug-likeness (QED) is 0.896. The number of nitrogens with one attached hydrogen (secondary N) is 1. The van der Waals surface area contributed by atoms with Crippen LogP contribution in [0.1, 0.15) is 23.8 Å². The van der Waals surface area contributed by atoms with Crippen LogP contribution in [0.3, 0.4) is 0 Å². The highest BCUT2D eigenvalue weighted by Gasteiger charge is 2.28. The molecule has 1 aromatic heterocycles. The van der Waals surface area contributed by atoms with Crippen molar-refractivity contribution in [1.29, 1.82) is 0 Å². The Kier molecular flexibility index (Phi) is 5.27. The van der Waals surface area contributed by atoms with E-state index in [-0.39, 0.29) is 17.7 Å². The third-order valence-electron chi connectivity index (χ3n) is 3.73. The molecule has 1 N–H and O–H groups in total. The molecule has 1 aliphatic heterocycles. The number of rotatable bonds is 5. The highest BCUT2D eigenvalue weighted by molar-refractivity contribution is 7.90. The summed E-state index contributed by atoms with van der Waals surface area (Å²) in [6.45, 7) is 3.82. The molecule has 118 valence electrons. The van der Waals surface area contributed by atoms with E-state index in [4.69, 9.17) is 0 Å². The minimum Gasteiger partial charge on any atom is -0.333 e. The van der Waals surface area contributed by atoms with Crippen LogP contribution in [0.2, 0.25) is 0 Å². The molecule has 2 rings (SSSR count). The number of urea groups is 1. The first kappa shape index (κ1) is 16.3. The molecule has 1 saturated heterocycles. The second-order valence-electron chi connectivity index (χ2n) is 5.57. The van der Waals surface area contributed by atoms with Crippen molar-refractivity contribution in [2.45, 2.75) is 26.3 Å². The summed E-state index contributed by atoms with van der Waals surface area (Å²) in [6, 6.07) is 1.99. The van der Waals surface area contributed by atoms with Crippen molar-refractivity contribution in [3.63, 3.8) is 0 Å².